The molecule has 2 N–H and O–H groups in total. The first-order valence-corrected chi connectivity index (χ1v) is 7.82. The number of rotatable bonds is 7. The highest BCUT2D eigenvalue weighted by Gasteiger charge is 2.21. The van der Waals surface area contributed by atoms with Gasteiger partial charge >= 0.3 is 0 Å². The van der Waals surface area contributed by atoms with E-state index in [1.54, 1.807) is 11.3 Å². The number of hydrogen-bond donors (Lipinski definition) is 1. The van der Waals surface area contributed by atoms with Gasteiger partial charge < -0.3 is 10.6 Å². The summed E-state index contributed by atoms with van der Waals surface area (Å²) < 4.78 is 0. The van der Waals surface area contributed by atoms with Gasteiger partial charge in [0.1, 0.15) is 0 Å². The lowest BCUT2D eigenvalue weighted by Crippen LogP contribution is -2.32. The van der Waals surface area contributed by atoms with Crippen molar-refractivity contribution in [2.75, 3.05) is 13.6 Å². The van der Waals surface area contributed by atoms with Crippen LogP contribution in [-0.2, 0) is 4.79 Å². The van der Waals surface area contributed by atoms with Crippen LogP contribution in [0.25, 0.3) is 0 Å². The molecule has 0 saturated heterocycles. The van der Waals surface area contributed by atoms with Crippen LogP contribution in [0.3, 0.4) is 0 Å². The Morgan fingerprint density at radius 3 is 2.58 bits per heavy atom. The molecule has 0 aromatic carbocycles. The highest BCUT2D eigenvalue weighted by atomic mass is 32.1. The van der Waals surface area contributed by atoms with Crippen molar-refractivity contribution in [3.8, 4) is 0 Å². The van der Waals surface area contributed by atoms with Gasteiger partial charge in [0.15, 0.2) is 0 Å². The summed E-state index contributed by atoms with van der Waals surface area (Å²) in [6.45, 7) is 7.00. The van der Waals surface area contributed by atoms with Crippen LogP contribution in [-0.4, -0.2) is 24.4 Å². The van der Waals surface area contributed by atoms with E-state index >= 15 is 0 Å². The van der Waals surface area contributed by atoms with Crippen LogP contribution in [0.2, 0.25) is 0 Å². The van der Waals surface area contributed by atoms with Crippen molar-refractivity contribution in [3.63, 3.8) is 0 Å². The zero-order valence-electron chi connectivity index (χ0n) is 12.4. The smallest absolute Gasteiger partial charge is 0.223 e. The van der Waals surface area contributed by atoms with Gasteiger partial charge in [-0.05, 0) is 43.2 Å². The monoisotopic (exact) mass is 282 g/mol. The molecule has 0 fully saturated rings. The van der Waals surface area contributed by atoms with Gasteiger partial charge in [-0.25, -0.2) is 0 Å². The maximum atomic E-state index is 12.3. The van der Waals surface area contributed by atoms with E-state index in [-0.39, 0.29) is 11.9 Å². The summed E-state index contributed by atoms with van der Waals surface area (Å²) in [5.41, 5.74) is 5.77. The minimum atomic E-state index is 0.143. The van der Waals surface area contributed by atoms with Gasteiger partial charge in [0, 0.05) is 18.3 Å². The summed E-state index contributed by atoms with van der Waals surface area (Å²) in [6, 6.07) is 4.24. The van der Waals surface area contributed by atoms with Crippen molar-refractivity contribution in [2.45, 2.75) is 39.7 Å². The molecule has 0 bridgehead atoms. The van der Waals surface area contributed by atoms with Crippen LogP contribution in [0.4, 0.5) is 0 Å². The summed E-state index contributed by atoms with van der Waals surface area (Å²) in [5.74, 6) is 1.07. The highest BCUT2D eigenvalue weighted by Crippen LogP contribution is 2.25. The molecule has 0 aliphatic carbocycles. The Labute approximate surface area is 120 Å². The molecule has 0 aliphatic heterocycles. The summed E-state index contributed by atoms with van der Waals surface area (Å²) in [6.07, 6.45) is 1.57. The van der Waals surface area contributed by atoms with Crippen LogP contribution in [0.5, 0.6) is 0 Å². The number of hydrogen-bond acceptors (Lipinski definition) is 3. The first-order valence-electron chi connectivity index (χ1n) is 6.94. The standard InChI is InChI=1S/C15H26N2OS/c1-11(2)8-13(10-16)9-15(18)17(4)12(3)14-6-5-7-19-14/h5-7,11-13H,8-10,16H2,1-4H3/t12?,13-/m0/s1. The van der Waals surface area contributed by atoms with Crippen LogP contribution < -0.4 is 5.73 Å². The topological polar surface area (TPSA) is 46.3 Å². The molecule has 108 valence electrons. The first kappa shape index (κ1) is 16.2. The molecule has 2 atom stereocenters. The molecule has 4 heteroatoms. The fraction of sp³-hybridized carbons (Fsp3) is 0.667. The van der Waals surface area contributed by atoms with Crippen molar-refractivity contribution >= 4 is 17.2 Å². The maximum Gasteiger partial charge on any atom is 0.223 e. The van der Waals surface area contributed by atoms with Crippen LogP contribution in [0.15, 0.2) is 17.5 Å². The quantitative estimate of drug-likeness (QED) is 0.834. The lowest BCUT2D eigenvalue weighted by Gasteiger charge is -2.26. The van der Waals surface area contributed by atoms with E-state index in [1.807, 2.05) is 23.4 Å². The molecule has 1 aromatic rings. The van der Waals surface area contributed by atoms with Gasteiger partial charge in [0.2, 0.25) is 5.91 Å². The summed E-state index contributed by atoms with van der Waals surface area (Å²) >= 11 is 1.69. The van der Waals surface area contributed by atoms with E-state index < -0.39 is 0 Å². The van der Waals surface area contributed by atoms with Crippen molar-refractivity contribution in [1.29, 1.82) is 0 Å². The van der Waals surface area contributed by atoms with Gasteiger partial charge in [-0.1, -0.05) is 19.9 Å². The predicted octanol–water partition coefficient (Wildman–Crippen LogP) is 3.28. The molecule has 3 nitrogen and oxygen atoms in total. The fourth-order valence-corrected chi connectivity index (χ4v) is 3.08. The number of nitrogens with zero attached hydrogens (tertiary/aromatic N) is 1. The highest BCUT2D eigenvalue weighted by molar-refractivity contribution is 7.10. The Morgan fingerprint density at radius 2 is 2.11 bits per heavy atom. The lowest BCUT2D eigenvalue weighted by molar-refractivity contribution is -0.132. The van der Waals surface area contributed by atoms with Crippen molar-refractivity contribution in [3.05, 3.63) is 22.4 Å². The van der Waals surface area contributed by atoms with Crippen LogP contribution >= 0.6 is 11.3 Å². The minimum Gasteiger partial charge on any atom is -0.338 e. The number of carbonyl (C=O) groups excluding carboxylic acids is 1. The third kappa shape index (κ3) is 4.96. The van der Waals surface area contributed by atoms with E-state index in [0.717, 1.165) is 6.42 Å². The third-order valence-electron chi connectivity index (χ3n) is 3.53. The van der Waals surface area contributed by atoms with Gasteiger partial charge in [0.25, 0.3) is 0 Å². The van der Waals surface area contributed by atoms with Crippen molar-refractivity contribution in [2.24, 2.45) is 17.6 Å². The van der Waals surface area contributed by atoms with Crippen molar-refractivity contribution < 1.29 is 4.79 Å². The number of carbonyl (C=O) groups is 1. The Bertz CT molecular complexity index is 376. The number of nitrogens with two attached hydrogens (primary N) is 1. The average Bonchev–Trinajstić information content (AvgIpc) is 2.89. The molecule has 1 amide bonds. The second-order valence-corrected chi connectivity index (χ2v) is 6.61. The molecule has 0 saturated carbocycles. The van der Waals surface area contributed by atoms with E-state index in [2.05, 4.69) is 26.8 Å². The molecule has 0 aliphatic rings. The van der Waals surface area contributed by atoms with Gasteiger partial charge in [0.05, 0.1) is 6.04 Å². The predicted molar refractivity (Wildman–Crippen MR) is 82.1 cm³/mol. The zero-order valence-corrected chi connectivity index (χ0v) is 13.2. The van der Waals surface area contributed by atoms with E-state index in [0.29, 0.717) is 24.8 Å². The Hall–Kier alpha value is -0.870. The van der Waals surface area contributed by atoms with E-state index in [1.165, 1.54) is 4.88 Å². The largest absolute Gasteiger partial charge is 0.338 e. The van der Waals surface area contributed by atoms with Gasteiger partial charge in [-0.3, -0.25) is 4.79 Å². The first-order chi connectivity index (χ1) is 8.95. The maximum absolute atomic E-state index is 12.3. The SMILES string of the molecule is CC(C)C[C@H](CN)CC(=O)N(C)C(C)c1cccs1. The van der Waals surface area contributed by atoms with Gasteiger partial charge in [-0.2, -0.15) is 0 Å². The molecule has 1 rings (SSSR count). The Morgan fingerprint density at radius 1 is 1.42 bits per heavy atom. The van der Waals surface area contributed by atoms with E-state index in [9.17, 15) is 4.79 Å². The molecular formula is C15H26N2OS. The summed E-state index contributed by atoms with van der Waals surface area (Å²) in [4.78, 5) is 15.4. The number of thiophene rings is 1. The second kappa shape index (κ2) is 7.65. The van der Waals surface area contributed by atoms with Crippen molar-refractivity contribution in [1.82, 2.24) is 4.90 Å². The lowest BCUT2D eigenvalue weighted by atomic mass is 9.93. The molecule has 19 heavy (non-hydrogen) atoms. The molecule has 0 spiro atoms. The summed E-state index contributed by atoms with van der Waals surface area (Å²) in [5, 5.41) is 2.05. The fourth-order valence-electron chi connectivity index (χ4n) is 2.26. The van der Waals surface area contributed by atoms with Crippen LogP contribution in [0, 0.1) is 11.8 Å². The molecule has 1 unspecified atom stereocenters. The van der Waals surface area contributed by atoms with Crippen LogP contribution in [0.1, 0.15) is 44.5 Å². The molecule has 1 aromatic heterocycles. The Balaban J connectivity index is 2.56. The normalized spacial score (nSPS) is 14.4. The van der Waals surface area contributed by atoms with E-state index in [4.69, 9.17) is 5.73 Å². The average molecular weight is 282 g/mol. The second-order valence-electron chi connectivity index (χ2n) is 5.63. The summed E-state index contributed by atoms with van der Waals surface area (Å²) in [7, 11) is 1.88. The molecular weight excluding hydrogens is 256 g/mol. The minimum absolute atomic E-state index is 0.143. The molecule has 0 radical (unpaired) electrons. The molecule has 1 heterocycles. The Kier molecular flexibility index (Phi) is 6.52. The number of amides is 1. The third-order valence-corrected chi connectivity index (χ3v) is 4.57. The van der Waals surface area contributed by atoms with Gasteiger partial charge in [-0.15, -0.1) is 11.3 Å². The zero-order chi connectivity index (χ0) is 14.4.